The van der Waals surface area contributed by atoms with E-state index in [0.29, 0.717) is 25.2 Å². The molecule has 5 rings (SSSR count). The number of benzene rings is 3. The third-order valence-corrected chi connectivity index (χ3v) is 5.81. The van der Waals surface area contributed by atoms with Crippen LogP contribution in [0, 0.1) is 0 Å². The Morgan fingerprint density at radius 2 is 1.61 bits per heavy atom. The lowest BCUT2D eigenvalue weighted by molar-refractivity contribution is 0.0247. The number of fused-ring (bicyclic) bond motifs is 3. The van der Waals surface area contributed by atoms with Gasteiger partial charge in [-0.3, -0.25) is 4.90 Å². The van der Waals surface area contributed by atoms with E-state index >= 15 is 0 Å². The van der Waals surface area contributed by atoms with Crippen LogP contribution in [0.2, 0.25) is 0 Å². The van der Waals surface area contributed by atoms with E-state index in [-0.39, 0.29) is 0 Å². The first kappa shape index (κ1) is 17.5. The Bertz CT molecular complexity index is 926. The van der Waals surface area contributed by atoms with Crippen LogP contribution < -0.4 is 4.74 Å². The number of hydrogen-bond donors (Lipinski definition) is 0. The molecule has 28 heavy (non-hydrogen) atoms. The van der Waals surface area contributed by atoms with Gasteiger partial charge in [0.15, 0.2) is 0 Å². The minimum Gasteiger partial charge on any atom is -0.489 e. The van der Waals surface area contributed by atoms with Crippen LogP contribution in [0.15, 0.2) is 78.9 Å². The van der Waals surface area contributed by atoms with Gasteiger partial charge >= 0.3 is 0 Å². The molecule has 0 bridgehead atoms. The average Bonchev–Trinajstić information content (AvgIpc) is 3.16. The summed E-state index contributed by atoms with van der Waals surface area (Å²) in [6.45, 7) is 4.32. The SMILES string of the molecule is c1ccc(COc2ccc3c(c2)COC2CN(Cc4ccccc4)CC32)cc1. The van der Waals surface area contributed by atoms with Crippen molar-refractivity contribution in [3.8, 4) is 5.75 Å². The van der Waals surface area contributed by atoms with Crippen molar-refractivity contribution in [1.82, 2.24) is 4.90 Å². The van der Waals surface area contributed by atoms with Crippen LogP contribution in [-0.2, 0) is 24.5 Å². The highest BCUT2D eigenvalue weighted by atomic mass is 16.5. The van der Waals surface area contributed by atoms with Gasteiger partial charge in [0.2, 0.25) is 0 Å². The smallest absolute Gasteiger partial charge is 0.120 e. The number of likely N-dealkylation sites (tertiary alicyclic amines) is 1. The summed E-state index contributed by atoms with van der Waals surface area (Å²) >= 11 is 0. The molecule has 0 amide bonds. The van der Waals surface area contributed by atoms with E-state index in [1.807, 2.05) is 18.2 Å². The van der Waals surface area contributed by atoms with Crippen molar-refractivity contribution < 1.29 is 9.47 Å². The molecule has 2 heterocycles. The number of hydrogen-bond acceptors (Lipinski definition) is 3. The quantitative estimate of drug-likeness (QED) is 0.645. The predicted molar refractivity (Wildman–Crippen MR) is 110 cm³/mol. The van der Waals surface area contributed by atoms with Gasteiger partial charge in [0.05, 0.1) is 12.7 Å². The van der Waals surface area contributed by atoms with Gasteiger partial charge in [-0.05, 0) is 34.4 Å². The summed E-state index contributed by atoms with van der Waals surface area (Å²) in [5, 5.41) is 0. The third kappa shape index (κ3) is 3.68. The van der Waals surface area contributed by atoms with Gasteiger partial charge in [0.1, 0.15) is 12.4 Å². The van der Waals surface area contributed by atoms with Crippen molar-refractivity contribution in [2.24, 2.45) is 0 Å². The summed E-state index contributed by atoms with van der Waals surface area (Å²) in [5.74, 6) is 1.37. The molecule has 0 aromatic heterocycles. The van der Waals surface area contributed by atoms with Crippen LogP contribution in [0.5, 0.6) is 5.75 Å². The normalized spacial score (nSPS) is 21.1. The molecular formula is C25H25NO2. The molecule has 3 nitrogen and oxygen atoms in total. The Hall–Kier alpha value is -2.62. The average molecular weight is 371 g/mol. The molecule has 2 aliphatic rings. The largest absolute Gasteiger partial charge is 0.489 e. The minimum absolute atomic E-state index is 0.298. The highest BCUT2D eigenvalue weighted by Crippen LogP contribution is 2.38. The minimum atomic E-state index is 0.298. The first-order valence-corrected chi connectivity index (χ1v) is 10.0. The first-order valence-electron chi connectivity index (χ1n) is 10.0. The van der Waals surface area contributed by atoms with E-state index < -0.39 is 0 Å². The third-order valence-electron chi connectivity index (χ3n) is 5.81. The van der Waals surface area contributed by atoms with Gasteiger partial charge in [0, 0.05) is 25.6 Å². The molecule has 3 aromatic rings. The molecule has 0 radical (unpaired) electrons. The fourth-order valence-electron chi connectivity index (χ4n) is 4.39. The Morgan fingerprint density at radius 1 is 0.857 bits per heavy atom. The lowest BCUT2D eigenvalue weighted by Crippen LogP contribution is -2.27. The maximum Gasteiger partial charge on any atom is 0.120 e. The van der Waals surface area contributed by atoms with Crippen LogP contribution in [-0.4, -0.2) is 24.1 Å². The lowest BCUT2D eigenvalue weighted by atomic mass is 9.89. The highest BCUT2D eigenvalue weighted by Gasteiger charge is 2.38. The van der Waals surface area contributed by atoms with Crippen molar-refractivity contribution >= 4 is 0 Å². The van der Waals surface area contributed by atoms with E-state index in [1.54, 1.807) is 0 Å². The van der Waals surface area contributed by atoms with Crippen molar-refractivity contribution in [2.45, 2.75) is 31.8 Å². The molecule has 142 valence electrons. The van der Waals surface area contributed by atoms with Crippen LogP contribution in [0.1, 0.15) is 28.2 Å². The zero-order chi connectivity index (χ0) is 18.8. The highest BCUT2D eigenvalue weighted by molar-refractivity contribution is 5.40. The van der Waals surface area contributed by atoms with Crippen LogP contribution in [0.3, 0.4) is 0 Å². The molecule has 2 aliphatic heterocycles. The fourth-order valence-corrected chi connectivity index (χ4v) is 4.39. The van der Waals surface area contributed by atoms with Crippen molar-refractivity contribution in [1.29, 1.82) is 0 Å². The number of ether oxygens (including phenoxy) is 2. The standard InChI is InChI=1S/C25H25NO2/c1-3-7-19(8-4-1)14-26-15-24-23-12-11-22(13-21(23)18-28-25(24)16-26)27-17-20-9-5-2-6-10-20/h1-13,24-25H,14-18H2. The van der Waals surface area contributed by atoms with Crippen LogP contribution >= 0.6 is 0 Å². The van der Waals surface area contributed by atoms with E-state index in [4.69, 9.17) is 9.47 Å². The van der Waals surface area contributed by atoms with E-state index in [9.17, 15) is 0 Å². The molecule has 0 aliphatic carbocycles. The zero-order valence-corrected chi connectivity index (χ0v) is 16.0. The fraction of sp³-hybridized carbons (Fsp3) is 0.280. The van der Waals surface area contributed by atoms with E-state index in [2.05, 4.69) is 65.6 Å². The topological polar surface area (TPSA) is 21.7 Å². The zero-order valence-electron chi connectivity index (χ0n) is 16.0. The molecule has 1 fully saturated rings. The summed E-state index contributed by atoms with van der Waals surface area (Å²) in [7, 11) is 0. The second-order valence-corrected chi connectivity index (χ2v) is 7.77. The van der Waals surface area contributed by atoms with Gasteiger partial charge in [-0.15, -0.1) is 0 Å². The summed E-state index contributed by atoms with van der Waals surface area (Å²) in [6, 6.07) is 27.5. The molecule has 1 saturated heterocycles. The Kier molecular flexibility index (Phi) is 4.86. The summed E-state index contributed by atoms with van der Waals surface area (Å²) < 4.78 is 12.2. The van der Waals surface area contributed by atoms with Crippen LogP contribution in [0.4, 0.5) is 0 Å². The molecule has 3 heteroatoms. The molecule has 2 atom stereocenters. The Labute approximate surface area is 166 Å². The summed E-state index contributed by atoms with van der Waals surface area (Å²) in [5.41, 5.74) is 5.25. The monoisotopic (exact) mass is 371 g/mol. The Morgan fingerprint density at radius 3 is 2.39 bits per heavy atom. The van der Waals surface area contributed by atoms with E-state index in [1.165, 1.54) is 22.3 Å². The molecular weight excluding hydrogens is 346 g/mol. The van der Waals surface area contributed by atoms with Gasteiger partial charge in [-0.1, -0.05) is 66.7 Å². The molecule has 0 N–H and O–H groups in total. The summed E-state index contributed by atoms with van der Waals surface area (Å²) in [4.78, 5) is 2.51. The second-order valence-electron chi connectivity index (χ2n) is 7.77. The van der Waals surface area contributed by atoms with Crippen molar-refractivity contribution in [3.05, 3.63) is 101 Å². The van der Waals surface area contributed by atoms with Crippen molar-refractivity contribution in [3.63, 3.8) is 0 Å². The maximum atomic E-state index is 6.22. The first-order chi connectivity index (χ1) is 13.8. The van der Waals surface area contributed by atoms with Gasteiger partial charge in [0.25, 0.3) is 0 Å². The predicted octanol–water partition coefficient (Wildman–Crippen LogP) is 4.76. The van der Waals surface area contributed by atoms with Gasteiger partial charge in [-0.2, -0.15) is 0 Å². The van der Waals surface area contributed by atoms with Crippen molar-refractivity contribution in [2.75, 3.05) is 13.1 Å². The Balaban J connectivity index is 1.27. The maximum absolute atomic E-state index is 6.22. The summed E-state index contributed by atoms with van der Waals surface area (Å²) in [6.07, 6.45) is 0.298. The van der Waals surface area contributed by atoms with Gasteiger partial charge in [-0.25, -0.2) is 0 Å². The molecule has 3 aromatic carbocycles. The molecule has 0 saturated carbocycles. The number of rotatable bonds is 5. The van der Waals surface area contributed by atoms with E-state index in [0.717, 1.165) is 25.4 Å². The lowest BCUT2D eigenvalue weighted by Gasteiger charge is -2.28. The number of nitrogens with zero attached hydrogens (tertiary/aromatic N) is 1. The second kappa shape index (κ2) is 7.78. The molecule has 2 unspecified atom stereocenters. The molecule has 0 spiro atoms. The van der Waals surface area contributed by atoms with Crippen LogP contribution in [0.25, 0.3) is 0 Å². The van der Waals surface area contributed by atoms with Gasteiger partial charge < -0.3 is 9.47 Å².